The Hall–Kier alpha value is -1.88. The molecule has 0 aliphatic carbocycles. The molecule has 1 aliphatic rings. The summed E-state index contributed by atoms with van der Waals surface area (Å²) in [5, 5.41) is 12.2. The molecular formula is C12H12N2O3. The van der Waals surface area contributed by atoms with E-state index in [1.807, 2.05) is 18.2 Å². The number of carboxylic acid groups (broad SMARTS) is 1. The third-order valence-electron chi connectivity index (χ3n) is 3.24. The third kappa shape index (κ3) is 1.78. The first-order valence-electron chi connectivity index (χ1n) is 5.53. The minimum atomic E-state index is -0.734. The van der Waals surface area contributed by atoms with E-state index in [2.05, 4.69) is 10.3 Å². The van der Waals surface area contributed by atoms with E-state index in [1.165, 1.54) is 6.39 Å². The van der Waals surface area contributed by atoms with Crippen molar-refractivity contribution in [1.29, 1.82) is 0 Å². The average molecular weight is 232 g/mol. The summed E-state index contributed by atoms with van der Waals surface area (Å²) in [7, 11) is 0. The molecule has 2 unspecified atom stereocenters. The molecule has 0 radical (unpaired) electrons. The van der Waals surface area contributed by atoms with Crippen molar-refractivity contribution in [3.05, 3.63) is 30.2 Å². The van der Waals surface area contributed by atoms with Crippen LogP contribution < -0.4 is 5.32 Å². The molecule has 1 aromatic heterocycles. The van der Waals surface area contributed by atoms with Crippen molar-refractivity contribution in [1.82, 2.24) is 10.3 Å². The summed E-state index contributed by atoms with van der Waals surface area (Å²) >= 11 is 0. The predicted molar refractivity (Wildman–Crippen MR) is 60.5 cm³/mol. The van der Waals surface area contributed by atoms with Gasteiger partial charge in [-0.3, -0.25) is 4.79 Å². The van der Waals surface area contributed by atoms with Crippen LogP contribution in [0.1, 0.15) is 18.0 Å². The topological polar surface area (TPSA) is 75.4 Å². The first-order valence-corrected chi connectivity index (χ1v) is 5.53. The van der Waals surface area contributed by atoms with Gasteiger partial charge in [-0.05, 0) is 24.1 Å². The lowest BCUT2D eigenvalue weighted by Crippen LogP contribution is -2.17. The smallest absolute Gasteiger partial charge is 0.307 e. The Labute approximate surface area is 97.5 Å². The van der Waals surface area contributed by atoms with Gasteiger partial charge in [0.15, 0.2) is 12.0 Å². The fourth-order valence-electron chi connectivity index (χ4n) is 2.27. The minimum Gasteiger partial charge on any atom is -0.481 e. The maximum absolute atomic E-state index is 10.9. The predicted octanol–water partition coefficient (Wildman–Crippen LogP) is 1.56. The molecule has 0 bridgehead atoms. The quantitative estimate of drug-likeness (QED) is 0.821. The number of oxazole rings is 1. The van der Waals surface area contributed by atoms with Gasteiger partial charge in [-0.2, -0.15) is 0 Å². The molecule has 1 saturated heterocycles. The van der Waals surface area contributed by atoms with Gasteiger partial charge >= 0.3 is 5.97 Å². The lowest BCUT2D eigenvalue weighted by Gasteiger charge is -2.09. The van der Waals surface area contributed by atoms with Crippen LogP contribution in [0.4, 0.5) is 0 Å². The van der Waals surface area contributed by atoms with Gasteiger partial charge in [-0.25, -0.2) is 4.98 Å². The molecule has 0 saturated carbocycles. The molecule has 3 rings (SSSR count). The maximum Gasteiger partial charge on any atom is 0.307 e. The van der Waals surface area contributed by atoms with Gasteiger partial charge in [0.05, 0.1) is 5.92 Å². The summed E-state index contributed by atoms with van der Waals surface area (Å²) in [6.07, 6.45) is 2.04. The second-order valence-electron chi connectivity index (χ2n) is 4.31. The number of rotatable bonds is 2. The SMILES string of the molecule is O=C(O)C1CNC(c2ccc3ocnc3c2)C1. The number of nitrogens with one attached hydrogen (secondary N) is 1. The van der Waals surface area contributed by atoms with Crippen molar-refractivity contribution >= 4 is 17.1 Å². The van der Waals surface area contributed by atoms with Gasteiger partial charge in [-0.1, -0.05) is 6.07 Å². The van der Waals surface area contributed by atoms with Crippen molar-refractivity contribution < 1.29 is 14.3 Å². The van der Waals surface area contributed by atoms with Crippen LogP contribution in [-0.2, 0) is 4.79 Å². The van der Waals surface area contributed by atoms with E-state index in [0.717, 1.165) is 16.7 Å². The Kier molecular flexibility index (Phi) is 2.33. The largest absolute Gasteiger partial charge is 0.481 e. The van der Waals surface area contributed by atoms with Gasteiger partial charge in [0, 0.05) is 12.6 Å². The first-order chi connectivity index (χ1) is 8.24. The van der Waals surface area contributed by atoms with Gasteiger partial charge in [-0.15, -0.1) is 0 Å². The summed E-state index contributed by atoms with van der Waals surface area (Å²) in [6, 6.07) is 5.86. The molecule has 5 heteroatoms. The van der Waals surface area contributed by atoms with Crippen LogP contribution in [0.15, 0.2) is 29.0 Å². The first kappa shape index (κ1) is 10.3. The summed E-state index contributed by atoms with van der Waals surface area (Å²) in [4.78, 5) is 15.0. The van der Waals surface area contributed by atoms with Crippen LogP contribution in [-0.4, -0.2) is 22.6 Å². The molecular weight excluding hydrogens is 220 g/mol. The van der Waals surface area contributed by atoms with Gasteiger partial charge in [0.2, 0.25) is 0 Å². The normalized spacial score (nSPS) is 24.2. The molecule has 1 aliphatic heterocycles. The second kappa shape index (κ2) is 3.85. The Bertz CT molecular complexity index is 564. The number of aliphatic carboxylic acids is 1. The van der Waals surface area contributed by atoms with Crippen LogP contribution in [0.5, 0.6) is 0 Å². The van der Waals surface area contributed by atoms with Crippen LogP contribution in [0.3, 0.4) is 0 Å². The molecule has 17 heavy (non-hydrogen) atoms. The van der Waals surface area contributed by atoms with Gasteiger partial charge in [0.1, 0.15) is 5.52 Å². The van der Waals surface area contributed by atoms with Crippen LogP contribution in [0.2, 0.25) is 0 Å². The fraction of sp³-hybridized carbons (Fsp3) is 0.333. The van der Waals surface area contributed by atoms with Crippen molar-refractivity contribution in [3.63, 3.8) is 0 Å². The Morgan fingerprint density at radius 3 is 3.18 bits per heavy atom. The van der Waals surface area contributed by atoms with E-state index in [1.54, 1.807) is 0 Å². The number of hydrogen-bond acceptors (Lipinski definition) is 4. The van der Waals surface area contributed by atoms with E-state index < -0.39 is 5.97 Å². The van der Waals surface area contributed by atoms with Gasteiger partial charge in [0.25, 0.3) is 0 Å². The van der Waals surface area contributed by atoms with E-state index in [-0.39, 0.29) is 12.0 Å². The molecule has 0 spiro atoms. The van der Waals surface area contributed by atoms with Crippen molar-refractivity contribution in [2.45, 2.75) is 12.5 Å². The molecule has 2 atom stereocenters. The highest BCUT2D eigenvalue weighted by Gasteiger charge is 2.30. The highest BCUT2D eigenvalue weighted by Crippen LogP contribution is 2.28. The summed E-state index contributed by atoms with van der Waals surface area (Å²) < 4.78 is 5.17. The third-order valence-corrected chi connectivity index (χ3v) is 3.24. The summed E-state index contributed by atoms with van der Waals surface area (Å²) in [5.74, 6) is -1.03. The molecule has 1 aromatic carbocycles. The molecule has 2 N–H and O–H groups in total. The monoisotopic (exact) mass is 232 g/mol. The van der Waals surface area contributed by atoms with Crippen LogP contribution in [0.25, 0.3) is 11.1 Å². The molecule has 88 valence electrons. The Balaban J connectivity index is 1.87. The van der Waals surface area contributed by atoms with Crippen LogP contribution in [0, 0.1) is 5.92 Å². The average Bonchev–Trinajstić information content (AvgIpc) is 2.97. The van der Waals surface area contributed by atoms with Crippen LogP contribution >= 0.6 is 0 Å². The number of carbonyl (C=O) groups is 1. The Morgan fingerprint density at radius 2 is 2.41 bits per heavy atom. The van der Waals surface area contributed by atoms with Crippen molar-refractivity contribution in [3.8, 4) is 0 Å². The maximum atomic E-state index is 10.9. The van der Waals surface area contributed by atoms with Crippen molar-refractivity contribution in [2.24, 2.45) is 5.92 Å². The van der Waals surface area contributed by atoms with E-state index in [4.69, 9.17) is 9.52 Å². The standard InChI is InChI=1S/C12H12N2O3/c15-12(16)8-4-9(13-5-8)7-1-2-11-10(3-7)14-6-17-11/h1-3,6,8-9,13H,4-5H2,(H,15,16). The zero-order valence-corrected chi connectivity index (χ0v) is 9.09. The van der Waals surface area contributed by atoms with Crippen molar-refractivity contribution in [2.75, 3.05) is 6.54 Å². The molecule has 0 amide bonds. The number of aromatic nitrogens is 1. The number of fused-ring (bicyclic) bond motifs is 1. The number of nitrogens with zero attached hydrogens (tertiary/aromatic N) is 1. The number of hydrogen-bond donors (Lipinski definition) is 2. The zero-order chi connectivity index (χ0) is 11.8. The molecule has 2 heterocycles. The number of benzene rings is 1. The summed E-state index contributed by atoms with van der Waals surface area (Å²) in [5.41, 5.74) is 2.62. The van der Waals surface area contributed by atoms with E-state index in [0.29, 0.717) is 13.0 Å². The molecule has 1 fully saturated rings. The van der Waals surface area contributed by atoms with Gasteiger partial charge < -0.3 is 14.8 Å². The van der Waals surface area contributed by atoms with E-state index in [9.17, 15) is 4.79 Å². The minimum absolute atomic E-state index is 0.0946. The second-order valence-corrected chi connectivity index (χ2v) is 4.31. The van der Waals surface area contributed by atoms with E-state index >= 15 is 0 Å². The Morgan fingerprint density at radius 1 is 1.53 bits per heavy atom. The number of carboxylic acids is 1. The molecule has 2 aromatic rings. The lowest BCUT2D eigenvalue weighted by atomic mass is 10.00. The zero-order valence-electron chi connectivity index (χ0n) is 9.09. The fourth-order valence-corrected chi connectivity index (χ4v) is 2.27. The molecule has 5 nitrogen and oxygen atoms in total. The lowest BCUT2D eigenvalue weighted by molar-refractivity contribution is -0.141. The summed E-state index contributed by atoms with van der Waals surface area (Å²) in [6.45, 7) is 0.525. The highest BCUT2D eigenvalue weighted by atomic mass is 16.4. The highest BCUT2D eigenvalue weighted by molar-refractivity contribution is 5.73.